The minimum absolute atomic E-state index is 0.0140. The van der Waals surface area contributed by atoms with Crippen LogP contribution < -0.4 is 10.0 Å². The number of fused-ring (bicyclic) bond motifs is 1. The van der Waals surface area contributed by atoms with E-state index in [2.05, 4.69) is 25.2 Å². The highest BCUT2D eigenvalue weighted by molar-refractivity contribution is 7.90. The number of benzene rings is 2. The molecule has 0 saturated heterocycles. The van der Waals surface area contributed by atoms with E-state index in [0.29, 0.717) is 29.7 Å². The van der Waals surface area contributed by atoms with Gasteiger partial charge < -0.3 is 10.1 Å². The lowest BCUT2D eigenvalue weighted by atomic mass is 10.2. The van der Waals surface area contributed by atoms with Crippen molar-refractivity contribution in [3.63, 3.8) is 0 Å². The molecule has 2 heterocycles. The van der Waals surface area contributed by atoms with Gasteiger partial charge in [-0.3, -0.25) is 19.6 Å². The van der Waals surface area contributed by atoms with Crippen molar-refractivity contribution in [3.8, 4) is 0 Å². The molecule has 1 amide bonds. The maximum absolute atomic E-state index is 12.5. The number of amidine groups is 1. The Morgan fingerprint density at radius 2 is 1.97 bits per heavy atom. The molecule has 1 aliphatic heterocycles. The third-order valence-electron chi connectivity index (χ3n) is 4.55. The van der Waals surface area contributed by atoms with E-state index < -0.39 is 28.5 Å². The Bertz CT molecular complexity index is 1280. The van der Waals surface area contributed by atoms with Crippen LogP contribution in [0.1, 0.15) is 23.3 Å². The lowest BCUT2D eigenvalue weighted by Gasteiger charge is -2.10. The predicted molar refractivity (Wildman–Crippen MR) is 113 cm³/mol. The number of sulfonamides is 1. The van der Waals surface area contributed by atoms with Crippen LogP contribution in [-0.4, -0.2) is 49.5 Å². The van der Waals surface area contributed by atoms with E-state index in [1.807, 2.05) is 0 Å². The number of esters is 1. The molecule has 31 heavy (non-hydrogen) atoms. The van der Waals surface area contributed by atoms with Crippen molar-refractivity contribution in [2.45, 2.75) is 17.7 Å². The zero-order valence-electron chi connectivity index (χ0n) is 16.3. The van der Waals surface area contributed by atoms with Gasteiger partial charge in [0, 0.05) is 24.0 Å². The molecule has 11 heteroatoms. The second-order valence-corrected chi connectivity index (χ2v) is 8.49. The van der Waals surface area contributed by atoms with E-state index in [1.54, 1.807) is 24.3 Å². The van der Waals surface area contributed by atoms with Crippen molar-refractivity contribution in [1.29, 1.82) is 0 Å². The minimum atomic E-state index is -3.81. The molecule has 0 atom stereocenters. The highest BCUT2D eigenvalue weighted by atomic mass is 32.2. The van der Waals surface area contributed by atoms with Crippen molar-refractivity contribution in [2.24, 2.45) is 4.99 Å². The fraction of sp³-hybridized carbons (Fsp3) is 0.200. The van der Waals surface area contributed by atoms with E-state index in [1.165, 1.54) is 24.3 Å². The van der Waals surface area contributed by atoms with Crippen LogP contribution >= 0.6 is 0 Å². The Kier molecular flexibility index (Phi) is 5.67. The number of aromatic amines is 1. The number of amides is 1. The molecule has 0 bridgehead atoms. The largest absolute Gasteiger partial charge is 0.451 e. The number of carbonyl (C=O) groups is 2. The number of carbonyl (C=O) groups excluding carboxylic acids is 2. The number of nitrogens with one attached hydrogen (secondary N) is 3. The number of aromatic nitrogens is 2. The number of para-hydroxylation sites is 1. The van der Waals surface area contributed by atoms with Crippen LogP contribution in [0.3, 0.4) is 0 Å². The number of H-pyrrole nitrogens is 1. The van der Waals surface area contributed by atoms with E-state index in [9.17, 15) is 18.0 Å². The van der Waals surface area contributed by atoms with Crippen LogP contribution in [0.25, 0.3) is 10.9 Å². The van der Waals surface area contributed by atoms with Gasteiger partial charge in [0.15, 0.2) is 12.3 Å². The monoisotopic (exact) mass is 441 g/mol. The molecule has 160 valence electrons. The van der Waals surface area contributed by atoms with Gasteiger partial charge in [-0.05, 0) is 30.7 Å². The number of nitrogens with zero attached hydrogens (tertiary/aromatic N) is 2. The number of rotatable bonds is 6. The van der Waals surface area contributed by atoms with E-state index in [-0.39, 0.29) is 16.3 Å². The quantitative estimate of drug-likeness (QED) is 0.498. The van der Waals surface area contributed by atoms with Crippen molar-refractivity contribution in [3.05, 3.63) is 54.2 Å². The summed E-state index contributed by atoms with van der Waals surface area (Å²) < 4.78 is 32.5. The molecule has 0 unspecified atom stereocenters. The van der Waals surface area contributed by atoms with Crippen LogP contribution in [0, 0.1) is 0 Å². The normalized spacial score (nSPS) is 13.6. The van der Waals surface area contributed by atoms with Crippen LogP contribution in [-0.2, 0) is 19.6 Å². The number of anilines is 1. The van der Waals surface area contributed by atoms with Crippen LogP contribution in [0.15, 0.2) is 58.4 Å². The van der Waals surface area contributed by atoms with E-state index in [4.69, 9.17) is 4.74 Å². The van der Waals surface area contributed by atoms with Gasteiger partial charge in [-0.2, -0.15) is 5.10 Å². The summed E-state index contributed by atoms with van der Waals surface area (Å²) in [5, 5.41) is 9.75. The Morgan fingerprint density at radius 1 is 1.13 bits per heavy atom. The molecule has 4 rings (SSSR count). The molecule has 0 spiro atoms. The van der Waals surface area contributed by atoms with Gasteiger partial charge in [-0.15, -0.1) is 0 Å². The highest BCUT2D eigenvalue weighted by Gasteiger charge is 2.20. The fourth-order valence-corrected chi connectivity index (χ4v) is 4.23. The Hall–Kier alpha value is -3.73. The highest BCUT2D eigenvalue weighted by Crippen LogP contribution is 2.18. The summed E-state index contributed by atoms with van der Waals surface area (Å²) >= 11 is 0. The van der Waals surface area contributed by atoms with Crippen molar-refractivity contribution < 1.29 is 22.7 Å². The lowest BCUT2D eigenvalue weighted by Crippen LogP contribution is -2.29. The van der Waals surface area contributed by atoms with Crippen molar-refractivity contribution >= 4 is 44.3 Å². The third-order valence-corrected chi connectivity index (χ3v) is 5.93. The molecule has 3 aromatic rings. The van der Waals surface area contributed by atoms with E-state index in [0.717, 1.165) is 6.42 Å². The SMILES string of the molecule is O=C(COC(=O)c1n[nH]c2ccccc12)Nc1cccc(S(=O)(=O)NC2=NCCC2)c1. The van der Waals surface area contributed by atoms with Gasteiger partial charge in [0.2, 0.25) is 0 Å². The number of hydrogen-bond acceptors (Lipinski definition) is 7. The first-order valence-electron chi connectivity index (χ1n) is 9.49. The predicted octanol–water partition coefficient (Wildman–Crippen LogP) is 1.83. The van der Waals surface area contributed by atoms with Crippen LogP contribution in [0.5, 0.6) is 0 Å². The molecule has 1 aliphatic rings. The van der Waals surface area contributed by atoms with Gasteiger partial charge in [0.25, 0.3) is 15.9 Å². The molecule has 3 N–H and O–H groups in total. The third kappa shape index (κ3) is 4.72. The second-order valence-electron chi connectivity index (χ2n) is 6.81. The van der Waals surface area contributed by atoms with Crippen molar-refractivity contribution in [1.82, 2.24) is 14.9 Å². The Morgan fingerprint density at radius 3 is 2.77 bits per heavy atom. The molecule has 0 saturated carbocycles. The summed E-state index contributed by atoms with van der Waals surface area (Å²) in [4.78, 5) is 28.5. The molecular weight excluding hydrogens is 422 g/mol. The van der Waals surface area contributed by atoms with Gasteiger partial charge in [0.05, 0.1) is 10.4 Å². The van der Waals surface area contributed by atoms with Gasteiger partial charge in [-0.25, -0.2) is 13.2 Å². The first-order chi connectivity index (χ1) is 14.9. The molecule has 1 aromatic heterocycles. The van der Waals surface area contributed by atoms with Crippen molar-refractivity contribution in [2.75, 3.05) is 18.5 Å². The number of ether oxygens (including phenoxy) is 1. The summed E-state index contributed by atoms with van der Waals surface area (Å²) in [6.07, 6.45) is 1.38. The summed E-state index contributed by atoms with van der Waals surface area (Å²) in [7, 11) is -3.81. The Labute approximate surface area is 177 Å². The molecule has 0 aliphatic carbocycles. The fourth-order valence-electron chi connectivity index (χ4n) is 3.09. The second kappa shape index (κ2) is 8.56. The number of aliphatic imine (C=N–C) groups is 1. The summed E-state index contributed by atoms with van der Waals surface area (Å²) in [6, 6.07) is 12.8. The zero-order valence-corrected chi connectivity index (χ0v) is 17.1. The molecule has 0 fully saturated rings. The smallest absolute Gasteiger partial charge is 0.359 e. The Balaban J connectivity index is 1.37. The summed E-state index contributed by atoms with van der Waals surface area (Å²) in [5.74, 6) is -0.937. The summed E-state index contributed by atoms with van der Waals surface area (Å²) in [6.45, 7) is 0.0484. The summed E-state index contributed by atoms with van der Waals surface area (Å²) in [5.41, 5.74) is 1.01. The molecular formula is C20H19N5O5S. The van der Waals surface area contributed by atoms with Crippen LogP contribution in [0.2, 0.25) is 0 Å². The molecule has 10 nitrogen and oxygen atoms in total. The van der Waals surface area contributed by atoms with Crippen LogP contribution in [0.4, 0.5) is 5.69 Å². The average Bonchev–Trinajstić information content (AvgIpc) is 3.41. The minimum Gasteiger partial charge on any atom is -0.451 e. The van der Waals surface area contributed by atoms with Gasteiger partial charge >= 0.3 is 5.97 Å². The first kappa shape index (κ1) is 20.5. The average molecular weight is 441 g/mol. The molecule has 2 aromatic carbocycles. The maximum atomic E-state index is 12.5. The lowest BCUT2D eigenvalue weighted by molar-refractivity contribution is -0.119. The maximum Gasteiger partial charge on any atom is 0.359 e. The number of hydrogen-bond donors (Lipinski definition) is 3. The van der Waals surface area contributed by atoms with E-state index >= 15 is 0 Å². The molecule has 0 radical (unpaired) electrons. The zero-order chi connectivity index (χ0) is 21.8. The first-order valence-corrected chi connectivity index (χ1v) is 11.0. The van der Waals surface area contributed by atoms with Gasteiger partial charge in [0.1, 0.15) is 5.84 Å². The standard InChI is InChI=1S/C20H19N5O5S/c26-18(12-30-20(27)19-15-7-1-2-8-16(15)23-24-19)22-13-5-3-6-14(11-13)31(28,29)25-17-9-4-10-21-17/h1-3,5-8,11H,4,9-10,12H2,(H,21,25)(H,22,26)(H,23,24). The van der Waals surface area contributed by atoms with Gasteiger partial charge in [-0.1, -0.05) is 24.3 Å². The topological polar surface area (TPSA) is 143 Å².